The molecule has 14 heavy (non-hydrogen) atoms. The maximum absolute atomic E-state index is 10.8. The molecule has 0 spiro atoms. The molecule has 0 aliphatic carbocycles. The molecule has 0 unspecified atom stereocenters. The minimum atomic E-state index is 0.814. The van der Waals surface area contributed by atoms with Crippen LogP contribution in [0.15, 0.2) is 18.2 Å². The lowest BCUT2D eigenvalue weighted by atomic mass is 10.1. The van der Waals surface area contributed by atoms with E-state index in [1.54, 1.807) is 0 Å². The largest absolute Gasteiger partial charge is 0.372 e. The van der Waals surface area contributed by atoms with Crippen LogP contribution in [-0.4, -0.2) is 19.4 Å². The molecule has 1 fully saturated rings. The number of anilines is 1. The first-order chi connectivity index (χ1) is 6.81. The van der Waals surface area contributed by atoms with Crippen molar-refractivity contribution < 1.29 is 4.79 Å². The fourth-order valence-corrected chi connectivity index (χ4v) is 1.93. The third-order valence-electron chi connectivity index (χ3n) is 2.86. The first kappa shape index (κ1) is 9.25. The Balaban J connectivity index is 2.30. The zero-order valence-corrected chi connectivity index (χ0v) is 8.49. The molecule has 1 aliphatic rings. The third-order valence-corrected chi connectivity index (χ3v) is 2.86. The highest BCUT2D eigenvalue weighted by Gasteiger charge is 2.12. The Bertz CT molecular complexity index is 340. The number of aryl methyl sites for hydroxylation is 1. The molecule has 0 radical (unpaired) electrons. The van der Waals surface area contributed by atoms with Gasteiger partial charge in [-0.2, -0.15) is 0 Å². The Hall–Kier alpha value is -1.31. The van der Waals surface area contributed by atoms with Crippen LogP contribution in [0.3, 0.4) is 0 Å². The van der Waals surface area contributed by atoms with Gasteiger partial charge in [-0.25, -0.2) is 0 Å². The summed E-state index contributed by atoms with van der Waals surface area (Å²) in [5.74, 6) is 0. The maximum Gasteiger partial charge on any atom is 0.150 e. The van der Waals surface area contributed by atoms with E-state index in [4.69, 9.17) is 0 Å². The van der Waals surface area contributed by atoms with E-state index in [1.165, 1.54) is 18.5 Å². The SMILES string of the molecule is Cc1ccc(N2CCCC2)cc1C=O. The van der Waals surface area contributed by atoms with Gasteiger partial charge in [-0.1, -0.05) is 6.07 Å². The lowest BCUT2D eigenvalue weighted by molar-refractivity contribution is 0.112. The van der Waals surface area contributed by atoms with Crippen molar-refractivity contribution in [1.29, 1.82) is 0 Å². The summed E-state index contributed by atoms with van der Waals surface area (Å²) in [6.07, 6.45) is 3.48. The van der Waals surface area contributed by atoms with Gasteiger partial charge in [-0.3, -0.25) is 4.79 Å². The van der Waals surface area contributed by atoms with Gasteiger partial charge in [0.15, 0.2) is 0 Å². The fraction of sp³-hybridized carbons (Fsp3) is 0.417. The summed E-state index contributed by atoms with van der Waals surface area (Å²) in [6, 6.07) is 6.12. The van der Waals surface area contributed by atoms with Gasteiger partial charge in [0.05, 0.1) is 0 Å². The Labute approximate surface area is 84.5 Å². The van der Waals surface area contributed by atoms with Gasteiger partial charge in [0.25, 0.3) is 0 Å². The number of carbonyl (C=O) groups excluding carboxylic acids is 1. The van der Waals surface area contributed by atoms with Crippen molar-refractivity contribution >= 4 is 12.0 Å². The van der Waals surface area contributed by atoms with E-state index in [-0.39, 0.29) is 0 Å². The molecule has 0 atom stereocenters. The zero-order valence-electron chi connectivity index (χ0n) is 8.49. The van der Waals surface area contributed by atoms with Crippen molar-refractivity contribution in [2.45, 2.75) is 19.8 Å². The number of benzene rings is 1. The number of carbonyl (C=O) groups is 1. The summed E-state index contributed by atoms with van der Waals surface area (Å²) in [5, 5.41) is 0. The van der Waals surface area contributed by atoms with Gasteiger partial charge in [0.1, 0.15) is 6.29 Å². The summed E-state index contributed by atoms with van der Waals surface area (Å²) in [4.78, 5) is 13.1. The van der Waals surface area contributed by atoms with E-state index in [2.05, 4.69) is 11.0 Å². The van der Waals surface area contributed by atoms with Crippen molar-refractivity contribution in [2.24, 2.45) is 0 Å². The molecule has 0 saturated carbocycles. The molecule has 74 valence electrons. The van der Waals surface area contributed by atoms with E-state index < -0.39 is 0 Å². The van der Waals surface area contributed by atoms with E-state index in [1.807, 2.05) is 19.1 Å². The van der Waals surface area contributed by atoms with Crippen molar-refractivity contribution in [3.8, 4) is 0 Å². The molecule has 1 aliphatic heterocycles. The molecule has 1 saturated heterocycles. The highest BCUT2D eigenvalue weighted by molar-refractivity contribution is 5.79. The lowest BCUT2D eigenvalue weighted by Gasteiger charge is -2.18. The minimum Gasteiger partial charge on any atom is -0.372 e. The van der Waals surface area contributed by atoms with Gasteiger partial charge in [-0.15, -0.1) is 0 Å². The van der Waals surface area contributed by atoms with Crippen LogP contribution in [0.4, 0.5) is 5.69 Å². The van der Waals surface area contributed by atoms with Gasteiger partial charge in [0.2, 0.25) is 0 Å². The minimum absolute atomic E-state index is 0.814. The van der Waals surface area contributed by atoms with Crippen LogP contribution in [0.1, 0.15) is 28.8 Å². The molecule has 1 aromatic carbocycles. The van der Waals surface area contributed by atoms with E-state index in [9.17, 15) is 4.79 Å². The van der Waals surface area contributed by atoms with Crippen molar-refractivity contribution in [3.05, 3.63) is 29.3 Å². The van der Waals surface area contributed by atoms with Gasteiger partial charge in [-0.05, 0) is 37.5 Å². The predicted octanol–water partition coefficient (Wildman–Crippen LogP) is 2.41. The lowest BCUT2D eigenvalue weighted by Crippen LogP contribution is -2.17. The molecule has 2 nitrogen and oxygen atoms in total. The number of rotatable bonds is 2. The van der Waals surface area contributed by atoms with Crippen LogP contribution >= 0.6 is 0 Å². The maximum atomic E-state index is 10.8. The van der Waals surface area contributed by atoms with Crippen LogP contribution in [0.2, 0.25) is 0 Å². The van der Waals surface area contributed by atoms with E-state index in [0.29, 0.717) is 0 Å². The average Bonchev–Trinajstić information content (AvgIpc) is 2.71. The predicted molar refractivity (Wildman–Crippen MR) is 58.0 cm³/mol. The molecule has 1 aromatic rings. The molecule has 1 heterocycles. The van der Waals surface area contributed by atoms with Crippen LogP contribution in [0.5, 0.6) is 0 Å². The molecule has 0 amide bonds. The summed E-state index contributed by atoms with van der Waals surface area (Å²) in [7, 11) is 0. The van der Waals surface area contributed by atoms with Gasteiger partial charge < -0.3 is 4.90 Å². The number of hydrogen-bond donors (Lipinski definition) is 0. The van der Waals surface area contributed by atoms with E-state index in [0.717, 1.165) is 30.5 Å². The fourth-order valence-electron chi connectivity index (χ4n) is 1.93. The van der Waals surface area contributed by atoms with Gasteiger partial charge >= 0.3 is 0 Å². The summed E-state index contributed by atoms with van der Waals surface area (Å²) < 4.78 is 0. The van der Waals surface area contributed by atoms with Crippen LogP contribution < -0.4 is 4.90 Å². The summed E-state index contributed by atoms with van der Waals surface area (Å²) >= 11 is 0. The number of nitrogens with zero attached hydrogens (tertiary/aromatic N) is 1. The second-order valence-electron chi connectivity index (χ2n) is 3.85. The highest BCUT2D eigenvalue weighted by atomic mass is 16.1. The van der Waals surface area contributed by atoms with Crippen molar-refractivity contribution in [1.82, 2.24) is 0 Å². The molecular formula is C12H15NO. The molecule has 0 aromatic heterocycles. The quantitative estimate of drug-likeness (QED) is 0.666. The molecule has 2 heteroatoms. The summed E-state index contributed by atoms with van der Waals surface area (Å²) in [5.41, 5.74) is 3.06. The van der Waals surface area contributed by atoms with Crippen molar-refractivity contribution in [3.63, 3.8) is 0 Å². The standard InChI is InChI=1S/C12H15NO/c1-10-4-5-12(8-11(10)9-14)13-6-2-3-7-13/h4-5,8-9H,2-3,6-7H2,1H3. The van der Waals surface area contributed by atoms with Crippen LogP contribution in [0.25, 0.3) is 0 Å². The first-order valence-electron chi connectivity index (χ1n) is 5.12. The van der Waals surface area contributed by atoms with Gasteiger partial charge in [0, 0.05) is 24.3 Å². The monoisotopic (exact) mass is 189 g/mol. The average molecular weight is 189 g/mol. The summed E-state index contributed by atoms with van der Waals surface area (Å²) in [6.45, 7) is 4.22. The highest BCUT2D eigenvalue weighted by Crippen LogP contribution is 2.22. The topological polar surface area (TPSA) is 20.3 Å². The Morgan fingerprint density at radius 1 is 1.29 bits per heavy atom. The Morgan fingerprint density at radius 3 is 2.64 bits per heavy atom. The smallest absolute Gasteiger partial charge is 0.150 e. The second-order valence-corrected chi connectivity index (χ2v) is 3.85. The van der Waals surface area contributed by atoms with Crippen molar-refractivity contribution in [2.75, 3.05) is 18.0 Å². The van der Waals surface area contributed by atoms with E-state index >= 15 is 0 Å². The Morgan fingerprint density at radius 2 is 2.00 bits per heavy atom. The third kappa shape index (κ3) is 1.65. The number of hydrogen-bond acceptors (Lipinski definition) is 2. The number of aldehydes is 1. The second kappa shape index (κ2) is 3.82. The molecular weight excluding hydrogens is 174 g/mol. The molecule has 2 rings (SSSR count). The zero-order chi connectivity index (χ0) is 9.97. The van der Waals surface area contributed by atoms with Crippen LogP contribution in [-0.2, 0) is 0 Å². The normalized spacial score (nSPS) is 15.9. The molecule has 0 N–H and O–H groups in total. The first-order valence-corrected chi connectivity index (χ1v) is 5.12. The Kier molecular flexibility index (Phi) is 2.53. The van der Waals surface area contributed by atoms with Crippen LogP contribution in [0, 0.1) is 6.92 Å². The molecule has 0 bridgehead atoms.